The molecule has 1 unspecified atom stereocenters. The van der Waals surface area contributed by atoms with E-state index in [9.17, 15) is 4.39 Å². The van der Waals surface area contributed by atoms with E-state index >= 15 is 0 Å². The molecule has 21 heavy (non-hydrogen) atoms. The maximum absolute atomic E-state index is 13.7. The molecule has 1 aromatic carbocycles. The van der Waals surface area contributed by atoms with Crippen molar-refractivity contribution in [1.29, 1.82) is 0 Å². The summed E-state index contributed by atoms with van der Waals surface area (Å²) in [6.07, 6.45) is 1.25. The molecule has 1 aliphatic rings. The van der Waals surface area contributed by atoms with E-state index in [1.165, 1.54) is 12.0 Å². The Labute approximate surface area is 128 Å². The van der Waals surface area contributed by atoms with E-state index in [4.69, 9.17) is 0 Å². The maximum atomic E-state index is 13.7. The Balaban J connectivity index is 1.88. The van der Waals surface area contributed by atoms with Gasteiger partial charge >= 0.3 is 0 Å². The third-order valence-electron chi connectivity index (χ3n) is 4.19. The van der Waals surface area contributed by atoms with Crippen LogP contribution < -0.4 is 5.32 Å². The number of nitrogens with zero attached hydrogens (tertiary/aromatic N) is 1. The first-order valence-corrected chi connectivity index (χ1v) is 7.97. The molecule has 2 rings (SSSR count). The second kappa shape index (κ2) is 6.45. The Morgan fingerprint density at radius 3 is 2.43 bits per heavy atom. The zero-order chi connectivity index (χ0) is 15.6. The minimum atomic E-state index is -0.0626. The molecule has 1 heterocycles. The van der Waals surface area contributed by atoms with Gasteiger partial charge in [-0.15, -0.1) is 0 Å². The molecular weight excluding hydrogens is 263 g/mol. The van der Waals surface area contributed by atoms with Gasteiger partial charge in [0.2, 0.25) is 0 Å². The monoisotopic (exact) mass is 292 g/mol. The van der Waals surface area contributed by atoms with Gasteiger partial charge in [0, 0.05) is 18.6 Å². The van der Waals surface area contributed by atoms with E-state index in [-0.39, 0.29) is 11.4 Å². The zero-order valence-electron chi connectivity index (χ0n) is 14.1. The highest BCUT2D eigenvalue weighted by Gasteiger charge is 2.23. The standard InChI is InChI=1S/C18H29FN2/c1-13-8-16(9-14(2)17(13)19)12-21-7-6-15(11-21)10-20-18(3,4)5/h8-9,15,20H,6-7,10-12H2,1-5H3. The van der Waals surface area contributed by atoms with Gasteiger partial charge in [0.1, 0.15) is 5.82 Å². The molecule has 1 aromatic rings. The lowest BCUT2D eigenvalue weighted by Crippen LogP contribution is -2.39. The van der Waals surface area contributed by atoms with E-state index in [1.54, 1.807) is 0 Å². The zero-order valence-corrected chi connectivity index (χ0v) is 14.1. The van der Waals surface area contributed by atoms with Crippen LogP contribution in [0.5, 0.6) is 0 Å². The van der Waals surface area contributed by atoms with Crippen LogP contribution in [-0.4, -0.2) is 30.1 Å². The molecule has 1 aliphatic heterocycles. The SMILES string of the molecule is Cc1cc(CN2CCC(CNC(C)(C)C)C2)cc(C)c1F. The minimum Gasteiger partial charge on any atom is -0.312 e. The van der Waals surface area contributed by atoms with Gasteiger partial charge in [-0.05, 0) is 76.7 Å². The van der Waals surface area contributed by atoms with Gasteiger partial charge in [0.25, 0.3) is 0 Å². The Hall–Kier alpha value is -0.930. The van der Waals surface area contributed by atoms with Crippen molar-refractivity contribution in [2.75, 3.05) is 19.6 Å². The van der Waals surface area contributed by atoms with Crippen LogP contribution in [0.25, 0.3) is 0 Å². The molecule has 2 nitrogen and oxygen atoms in total. The second-order valence-electron chi connectivity index (χ2n) is 7.56. The van der Waals surface area contributed by atoms with Crippen LogP contribution in [0.1, 0.15) is 43.9 Å². The van der Waals surface area contributed by atoms with Crippen LogP contribution >= 0.6 is 0 Å². The van der Waals surface area contributed by atoms with Crippen molar-refractivity contribution in [3.05, 3.63) is 34.6 Å². The summed E-state index contributed by atoms with van der Waals surface area (Å²) < 4.78 is 13.7. The Kier molecular flexibility index (Phi) is 5.05. The summed E-state index contributed by atoms with van der Waals surface area (Å²) in [5.41, 5.74) is 2.94. The number of halogens is 1. The third kappa shape index (κ3) is 4.79. The fourth-order valence-corrected chi connectivity index (χ4v) is 3.06. The van der Waals surface area contributed by atoms with Crippen molar-refractivity contribution in [2.24, 2.45) is 5.92 Å². The molecule has 1 N–H and O–H groups in total. The quantitative estimate of drug-likeness (QED) is 0.911. The molecule has 1 atom stereocenters. The molecule has 0 radical (unpaired) electrons. The molecule has 1 fully saturated rings. The summed E-state index contributed by atoms with van der Waals surface area (Å²) in [5.74, 6) is 0.666. The topological polar surface area (TPSA) is 15.3 Å². The smallest absolute Gasteiger partial charge is 0.129 e. The van der Waals surface area contributed by atoms with Gasteiger partial charge < -0.3 is 5.32 Å². The molecule has 0 aliphatic carbocycles. The van der Waals surface area contributed by atoms with E-state index < -0.39 is 0 Å². The van der Waals surface area contributed by atoms with E-state index in [2.05, 4.69) is 31.0 Å². The summed E-state index contributed by atoms with van der Waals surface area (Å²) in [6.45, 7) is 14.6. The predicted octanol–water partition coefficient (Wildman–Crippen LogP) is 3.65. The number of hydrogen-bond acceptors (Lipinski definition) is 2. The van der Waals surface area contributed by atoms with Crippen molar-refractivity contribution in [3.8, 4) is 0 Å². The van der Waals surface area contributed by atoms with E-state index in [1.807, 2.05) is 26.0 Å². The Bertz CT molecular complexity index is 467. The number of aryl methyl sites for hydroxylation is 2. The van der Waals surface area contributed by atoms with Crippen molar-refractivity contribution >= 4 is 0 Å². The van der Waals surface area contributed by atoms with Crippen molar-refractivity contribution in [2.45, 2.75) is 53.1 Å². The number of benzene rings is 1. The summed E-state index contributed by atoms with van der Waals surface area (Å²) in [6, 6.07) is 3.98. The lowest BCUT2D eigenvalue weighted by atomic mass is 10.0. The predicted molar refractivity (Wildman–Crippen MR) is 87.0 cm³/mol. The fraction of sp³-hybridized carbons (Fsp3) is 0.667. The largest absolute Gasteiger partial charge is 0.312 e. The van der Waals surface area contributed by atoms with Gasteiger partial charge in [-0.3, -0.25) is 4.90 Å². The van der Waals surface area contributed by atoms with E-state index in [0.717, 1.165) is 43.2 Å². The van der Waals surface area contributed by atoms with Crippen LogP contribution in [0.3, 0.4) is 0 Å². The molecule has 0 spiro atoms. The van der Waals surface area contributed by atoms with Gasteiger partial charge in [-0.1, -0.05) is 12.1 Å². The van der Waals surface area contributed by atoms with Crippen LogP contribution in [0.4, 0.5) is 4.39 Å². The first-order valence-electron chi connectivity index (χ1n) is 7.97. The molecule has 1 saturated heterocycles. The summed E-state index contributed by atoms with van der Waals surface area (Å²) in [7, 11) is 0. The third-order valence-corrected chi connectivity index (χ3v) is 4.19. The number of hydrogen-bond donors (Lipinski definition) is 1. The first-order chi connectivity index (χ1) is 9.74. The first kappa shape index (κ1) is 16.4. The van der Waals surface area contributed by atoms with Gasteiger partial charge in [0.15, 0.2) is 0 Å². The lowest BCUT2D eigenvalue weighted by molar-refractivity contribution is 0.305. The van der Waals surface area contributed by atoms with Gasteiger partial charge in [0.05, 0.1) is 0 Å². The van der Waals surface area contributed by atoms with Crippen molar-refractivity contribution < 1.29 is 4.39 Å². The molecule has 0 aromatic heterocycles. The van der Waals surface area contributed by atoms with Crippen LogP contribution in [0, 0.1) is 25.6 Å². The van der Waals surface area contributed by atoms with Crippen LogP contribution in [-0.2, 0) is 6.54 Å². The highest BCUT2D eigenvalue weighted by Crippen LogP contribution is 2.21. The molecule has 0 saturated carbocycles. The molecule has 3 heteroatoms. The highest BCUT2D eigenvalue weighted by atomic mass is 19.1. The summed E-state index contributed by atoms with van der Waals surface area (Å²) in [5, 5.41) is 3.60. The average Bonchev–Trinajstić information content (AvgIpc) is 2.80. The number of likely N-dealkylation sites (tertiary alicyclic amines) is 1. The number of nitrogens with one attached hydrogen (secondary N) is 1. The van der Waals surface area contributed by atoms with Gasteiger partial charge in [-0.25, -0.2) is 4.39 Å². The molecule has 0 bridgehead atoms. The summed E-state index contributed by atoms with van der Waals surface area (Å²) >= 11 is 0. The molecular formula is C18H29FN2. The fourth-order valence-electron chi connectivity index (χ4n) is 3.06. The summed E-state index contributed by atoms with van der Waals surface area (Å²) in [4.78, 5) is 2.49. The maximum Gasteiger partial charge on any atom is 0.129 e. The Morgan fingerprint density at radius 1 is 1.24 bits per heavy atom. The lowest BCUT2D eigenvalue weighted by Gasteiger charge is -2.23. The minimum absolute atomic E-state index is 0.0626. The normalized spacial score (nSPS) is 20.2. The molecule has 118 valence electrons. The molecule has 0 amide bonds. The highest BCUT2D eigenvalue weighted by molar-refractivity contribution is 5.30. The van der Waals surface area contributed by atoms with Crippen LogP contribution in [0.2, 0.25) is 0 Å². The Morgan fingerprint density at radius 2 is 1.86 bits per heavy atom. The van der Waals surface area contributed by atoms with E-state index in [0.29, 0.717) is 0 Å². The number of rotatable bonds is 4. The van der Waals surface area contributed by atoms with Crippen LogP contribution in [0.15, 0.2) is 12.1 Å². The average molecular weight is 292 g/mol. The second-order valence-corrected chi connectivity index (χ2v) is 7.56. The van der Waals surface area contributed by atoms with Crippen molar-refractivity contribution in [1.82, 2.24) is 10.2 Å². The van der Waals surface area contributed by atoms with Crippen molar-refractivity contribution in [3.63, 3.8) is 0 Å². The van der Waals surface area contributed by atoms with Gasteiger partial charge in [-0.2, -0.15) is 0 Å².